The second-order valence-electron chi connectivity index (χ2n) is 11.1. The highest BCUT2D eigenvalue weighted by Gasteiger charge is 2.71. The number of hydrogen-bond donors (Lipinski definition) is 0. The van der Waals surface area contributed by atoms with E-state index in [1.165, 1.54) is 0 Å². The van der Waals surface area contributed by atoms with Gasteiger partial charge in [0, 0.05) is 7.11 Å². The third kappa shape index (κ3) is 4.51. The van der Waals surface area contributed by atoms with Crippen LogP contribution in [-0.2, 0) is 28.1 Å². The van der Waals surface area contributed by atoms with Gasteiger partial charge in [-0.2, -0.15) is 0 Å². The molecule has 0 radical (unpaired) electrons. The summed E-state index contributed by atoms with van der Waals surface area (Å²) in [5, 5.41) is 2.07. The van der Waals surface area contributed by atoms with Crippen LogP contribution in [0.15, 0.2) is 73.3 Å². The van der Waals surface area contributed by atoms with E-state index in [2.05, 4.69) is 75.9 Å². The van der Waals surface area contributed by atoms with Gasteiger partial charge in [0.15, 0.2) is 17.7 Å². The van der Waals surface area contributed by atoms with E-state index in [-0.39, 0.29) is 11.8 Å². The molecular weight excluding hydrogens is 472 g/mol. The van der Waals surface area contributed by atoms with Crippen molar-refractivity contribution in [3.8, 4) is 0 Å². The second kappa shape index (κ2) is 10.1. The monoisotopic (exact) mass is 512 g/mol. The Kier molecular flexibility index (Phi) is 7.66. The molecule has 0 aromatic heterocycles. The zero-order valence-corrected chi connectivity index (χ0v) is 23.5. The molecule has 2 aliphatic rings. The highest BCUT2D eigenvalue weighted by Crippen LogP contribution is 2.52. The van der Waals surface area contributed by atoms with Crippen LogP contribution in [0.3, 0.4) is 0 Å². The minimum absolute atomic E-state index is 0.115. The van der Waals surface area contributed by atoms with Gasteiger partial charge < -0.3 is 28.1 Å². The number of hydrogen-bond acceptors (Lipinski definition) is 6. The number of methoxy groups -OCH3 is 1. The molecule has 196 valence electrons. The Balaban J connectivity index is 1.91. The average Bonchev–Trinajstić information content (AvgIpc) is 3.29. The summed E-state index contributed by atoms with van der Waals surface area (Å²) < 4.78 is 38.5. The van der Waals surface area contributed by atoms with E-state index in [0.717, 1.165) is 10.4 Å². The number of fused-ring (bicyclic) bond motifs is 1. The smallest absolute Gasteiger partial charge is 0.264 e. The SMILES string of the molecule is C=C[C@@H]1O[C@@H](O[Si](c2ccccc2)(c2ccccc2)C(C)(C)C)[C@@]2([C@H](C)OCOC)OC(C)(C)O[C@@H]12. The van der Waals surface area contributed by atoms with Crippen LogP contribution in [0.4, 0.5) is 0 Å². The van der Waals surface area contributed by atoms with Crippen LogP contribution in [0.1, 0.15) is 41.5 Å². The van der Waals surface area contributed by atoms with Gasteiger partial charge in [-0.25, -0.2) is 0 Å². The average molecular weight is 513 g/mol. The van der Waals surface area contributed by atoms with Crippen LogP contribution in [0.25, 0.3) is 0 Å². The first-order valence-corrected chi connectivity index (χ1v) is 14.5. The van der Waals surface area contributed by atoms with Crippen molar-refractivity contribution in [1.82, 2.24) is 0 Å². The largest absolute Gasteiger partial charge is 0.380 e. The fraction of sp³-hybridized carbons (Fsp3) is 0.517. The summed E-state index contributed by atoms with van der Waals surface area (Å²) in [6.07, 6.45) is -0.339. The zero-order chi connectivity index (χ0) is 26.2. The molecule has 5 atom stereocenters. The minimum Gasteiger partial charge on any atom is -0.380 e. The Morgan fingerprint density at radius 3 is 2.06 bits per heavy atom. The number of benzene rings is 2. The van der Waals surface area contributed by atoms with Gasteiger partial charge in [-0.15, -0.1) is 6.58 Å². The molecule has 0 spiro atoms. The molecule has 2 aromatic carbocycles. The molecule has 0 aliphatic carbocycles. The van der Waals surface area contributed by atoms with Gasteiger partial charge in [0.05, 0.1) is 6.10 Å². The van der Waals surface area contributed by atoms with Crippen molar-refractivity contribution in [3.05, 3.63) is 73.3 Å². The van der Waals surface area contributed by atoms with Gasteiger partial charge in [0.1, 0.15) is 19.0 Å². The second-order valence-corrected chi connectivity index (χ2v) is 15.3. The molecule has 0 saturated carbocycles. The maximum atomic E-state index is 7.42. The van der Waals surface area contributed by atoms with E-state index in [1.807, 2.05) is 32.9 Å². The van der Waals surface area contributed by atoms with Crippen molar-refractivity contribution in [1.29, 1.82) is 0 Å². The maximum absolute atomic E-state index is 7.42. The summed E-state index contributed by atoms with van der Waals surface area (Å²) in [5.74, 6) is -0.854. The number of ether oxygens (including phenoxy) is 5. The lowest BCUT2D eigenvalue weighted by Gasteiger charge is -2.47. The zero-order valence-electron chi connectivity index (χ0n) is 22.5. The maximum Gasteiger partial charge on any atom is 0.264 e. The van der Waals surface area contributed by atoms with E-state index in [0.29, 0.717) is 0 Å². The Morgan fingerprint density at radius 2 is 1.58 bits per heavy atom. The molecule has 36 heavy (non-hydrogen) atoms. The Bertz CT molecular complexity index is 982. The predicted molar refractivity (Wildman–Crippen MR) is 143 cm³/mol. The molecule has 2 aromatic rings. The van der Waals surface area contributed by atoms with Crippen LogP contribution in [-0.4, -0.2) is 58.2 Å². The minimum atomic E-state index is -2.97. The first-order valence-electron chi connectivity index (χ1n) is 12.6. The summed E-state index contributed by atoms with van der Waals surface area (Å²) in [6.45, 7) is 16.7. The molecule has 6 nitrogen and oxygen atoms in total. The number of rotatable bonds is 9. The van der Waals surface area contributed by atoms with E-state index < -0.39 is 44.3 Å². The summed E-state index contributed by atoms with van der Waals surface area (Å²) in [4.78, 5) is 0. The van der Waals surface area contributed by atoms with E-state index in [9.17, 15) is 0 Å². The summed E-state index contributed by atoms with van der Waals surface area (Å²) in [7, 11) is -1.37. The molecule has 7 heteroatoms. The molecule has 0 unspecified atom stereocenters. The standard InChI is InChI=1S/C29H40O6Si/c1-9-24-25-29(21(2)31-20-30-8,35-28(6,7)33-25)26(32-24)34-36(27(3,4)5,22-16-12-10-13-17-22)23-18-14-11-15-19-23/h9-19,21,24-26H,1,20H2,2-8H3/t21-,24-,25-,26-,29-/m0/s1. The van der Waals surface area contributed by atoms with Crippen LogP contribution < -0.4 is 10.4 Å². The summed E-state index contributed by atoms with van der Waals surface area (Å²) in [6, 6.07) is 21.0. The van der Waals surface area contributed by atoms with Crippen LogP contribution in [0.5, 0.6) is 0 Å². The topological polar surface area (TPSA) is 55.4 Å². The molecule has 0 N–H and O–H groups in total. The predicted octanol–water partition coefficient (Wildman–Crippen LogP) is 4.37. The lowest BCUT2D eigenvalue weighted by Crippen LogP contribution is -2.70. The third-order valence-corrected chi connectivity index (χ3v) is 12.2. The van der Waals surface area contributed by atoms with Gasteiger partial charge >= 0.3 is 0 Å². The molecule has 0 bridgehead atoms. The van der Waals surface area contributed by atoms with Crippen molar-refractivity contribution in [2.24, 2.45) is 0 Å². The lowest BCUT2D eigenvalue weighted by atomic mass is 9.90. The Morgan fingerprint density at radius 1 is 1.03 bits per heavy atom. The van der Waals surface area contributed by atoms with Gasteiger partial charge in [0.25, 0.3) is 8.32 Å². The molecule has 4 rings (SSSR count). The van der Waals surface area contributed by atoms with Crippen LogP contribution in [0.2, 0.25) is 5.04 Å². The van der Waals surface area contributed by atoms with Crippen molar-refractivity contribution >= 4 is 18.7 Å². The fourth-order valence-electron chi connectivity index (χ4n) is 5.69. The fourth-order valence-corrected chi connectivity index (χ4v) is 10.3. The Labute approximate surface area is 216 Å². The molecule has 2 heterocycles. The lowest BCUT2D eigenvalue weighted by molar-refractivity contribution is -0.266. The van der Waals surface area contributed by atoms with Crippen molar-refractivity contribution in [3.63, 3.8) is 0 Å². The van der Waals surface area contributed by atoms with Crippen molar-refractivity contribution < 1.29 is 28.1 Å². The Hall–Kier alpha value is -1.84. The van der Waals surface area contributed by atoms with E-state index in [1.54, 1.807) is 13.2 Å². The van der Waals surface area contributed by atoms with Gasteiger partial charge in [0.2, 0.25) is 0 Å². The van der Waals surface area contributed by atoms with Gasteiger partial charge in [-0.3, -0.25) is 0 Å². The first kappa shape index (κ1) is 27.2. The van der Waals surface area contributed by atoms with E-state index in [4.69, 9.17) is 28.1 Å². The van der Waals surface area contributed by atoms with Gasteiger partial charge in [-0.1, -0.05) is 87.5 Å². The normalized spacial score (nSPS) is 28.6. The van der Waals surface area contributed by atoms with Crippen molar-refractivity contribution in [2.75, 3.05) is 13.9 Å². The van der Waals surface area contributed by atoms with Gasteiger partial charge in [-0.05, 0) is 36.2 Å². The van der Waals surface area contributed by atoms with Crippen LogP contribution >= 0.6 is 0 Å². The first-order chi connectivity index (χ1) is 17.0. The van der Waals surface area contributed by atoms with Crippen LogP contribution in [0, 0.1) is 0 Å². The summed E-state index contributed by atoms with van der Waals surface area (Å²) in [5.41, 5.74) is -1.03. The quantitative estimate of drug-likeness (QED) is 0.283. The highest BCUT2D eigenvalue weighted by atomic mass is 28.4. The highest BCUT2D eigenvalue weighted by molar-refractivity contribution is 6.99. The third-order valence-electron chi connectivity index (χ3n) is 7.23. The molecule has 2 saturated heterocycles. The molecular formula is C29H40O6Si. The molecule has 0 amide bonds. The summed E-state index contributed by atoms with van der Waals surface area (Å²) >= 11 is 0. The van der Waals surface area contributed by atoms with E-state index >= 15 is 0 Å². The van der Waals surface area contributed by atoms with Crippen molar-refractivity contribution in [2.45, 2.75) is 82.6 Å². The molecule has 2 aliphatic heterocycles. The molecule has 2 fully saturated rings.